The quantitative estimate of drug-likeness (QED) is 0.539. The zero-order valence-corrected chi connectivity index (χ0v) is 18.4. The van der Waals surface area contributed by atoms with Gasteiger partial charge in [0.05, 0.1) is 12.7 Å². The number of aromatic nitrogens is 1. The van der Waals surface area contributed by atoms with Gasteiger partial charge in [-0.05, 0) is 50.4 Å². The van der Waals surface area contributed by atoms with Gasteiger partial charge in [0.2, 0.25) is 0 Å². The van der Waals surface area contributed by atoms with E-state index in [0.29, 0.717) is 6.04 Å². The SMILES string of the molecule is CCCCN1CCC(NC(=NC)NCc2ccnc(N3CCOC(C)C3)c2)CC1. The summed E-state index contributed by atoms with van der Waals surface area (Å²) in [5.41, 5.74) is 1.21. The Morgan fingerprint density at radius 3 is 2.86 bits per heavy atom. The van der Waals surface area contributed by atoms with Crippen molar-refractivity contribution in [2.75, 3.05) is 51.3 Å². The number of nitrogens with zero attached hydrogens (tertiary/aromatic N) is 4. The second-order valence-corrected chi connectivity index (χ2v) is 8.19. The summed E-state index contributed by atoms with van der Waals surface area (Å²) in [5.74, 6) is 1.91. The van der Waals surface area contributed by atoms with Crippen molar-refractivity contribution in [3.8, 4) is 0 Å². The normalized spacial score (nSPS) is 22.0. The van der Waals surface area contributed by atoms with Gasteiger partial charge in [-0.25, -0.2) is 4.98 Å². The average molecular weight is 403 g/mol. The molecule has 3 rings (SSSR count). The largest absolute Gasteiger partial charge is 0.375 e. The van der Waals surface area contributed by atoms with Crippen LogP contribution >= 0.6 is 0 Å². The molecule has 0 aromatic carbocycles. The van der Waals surface area contributed by atoms with E-state index in [0.717, 1.165) is 38.0 Å². The van der Waals surface area contributed by atoms with Gasteiger partial charge >= 0.3 is 0 Å². The fourth-order valence-electron chi connectivity index (χ4n) is 4.03. The summed E-state index contributed by atoms with van der Waals surface area (Å²) < 4.78 is 5.64. The van der Waals surface area contributed by atoms with Crippen LogP contribution in [0.4, 0.5) is 5.82 Å². The maximum absolute atomic E-state index is 5.64. The molecule has 0 aliphatic carbocycles. The van der Waals surface area contributed by atoms with E-state index in [1.165, 1.54) is 50.9 Å². The number of unbranched alkanes of at least 4 members (excludes halogenated alkanes) is 1. The molecule has 7 nitrogen and oxygen atoms in total. The Bertz CT molecular complexity index is 644. The van der Waals surface area contributed by atoms with Crippen molar-refractivity contribution in [2.45, 2.75) is 58.2 Å². The van der Waals surface area contributed by atoms with Crippen molar-refractivity contribution in [1.29, 1.82) is 0 Å². The van der Waals surface area contributed by atoms with E-state index < -0.39 is 0 Å². The van der Waals surface area contributed by atoms with Crippen LogP contribution in [0.2, 0.25) is 0 Å². The van der Waals surface area contributed by atoms with E-state index in [2.05, 4.69) is 56.4 Å². The van der Waals surface area contributed by atoms with Crippen LogP contribution in [0, 0.1) is 0 Å². The first-order valence-corrected chi connectivity index (χ1v) is 11.2. The summed E-state index contributed by atoms with van der Waals surface area (Å²) in [6.45, 7) is 11.3. The molecule has 1 unspecified atom stereocenters. The van der Waals surface area contributed by atoms with Gasteiger partial charge in [0.25, 0.3) is 0 Å². The van der Waals surface area contributed by atoms with Crippen LogP contribution in [0.5, 0.6) is 0 Å². The van der Waals surface area contributed by atoms with Crippen LogP contribution in [-0.2, 0) is 11.3 Å². The fourth-order valence-corrected chi connectivity index (χ4v) is 4.03. The zero-order chi connectivity index (χ0) is 20.5. The van der Waals surface area contributed by atoms with E-state index in [1.807, 2.05) is 13.2 Å². The highest BCUT2D eigenvalue weighted by atomic mass is 16.5. The minimum atomic E-state index is 0.253. The summed E-state index contributed by atoms with van der Waals surface area (Å²) in [5, 5.41) is 7.08. The number of piperidine rings is 1. The lowest BCUT2D eigenvalue weighted by Crippen LogP contribution is -2.48. The standard InChI is InChI=1S/C22H38N6O/c1-4-5-10-27-11-7-20(8-12-27)26-22(23-3)25-16-19-6-9-24-21(15-19)28-13-14-29-18(2)17-28/h6,9,15,18,20H,4-5,7-8,10-14,16-17H2,1-3H3,(H2,23,25,26). The number of rotatable bonds is 7. The number of ether oxygens (including phenoxy) is 1. The third-order valence-electron chi connectivity index (χ3n) is 5.81. The van der Waals surface area contributed by atoms with E-state index in [4.69, 9.17) is 4.74 Å². The molecule has 3 heterocycles. The molecule has 7 heteroatoms. The molecule has 2 aliphatic rings. The van der Waals surface area contributed by atoms with Gasteiger partial charge in [0, 0.05) is 52.0 Å². The molecule has 0 amide bonds. The van der Waals surface area contributed by atoms with Crippen molar-refractivity contribution in [3.63, 3.8) is 0 Å². The summed E-state index contributed by atoms with van der Waals surface area (Å²) in [6.07, 6.45) is 7.09. The Hall–Kier alpha value is -1.86. The number of anilines is 1. The van der Waals surface area contributed by atoms with Gasteiger partial charge in [-0.1, -0.05) is 13.3 Å². The Labute approximate surface area is 175 Å². The van der Waals surface area contributed by atoms with Crippen molar-refractivity contribution < 1.29 is 4.74 Å². The molecule has 1 aromatic rings. The predicted octanol–water partition coefficient (Wildman–Crippen LogP) is 2.24. The van der Waals surface area contributed by atoms with Crippen LogP contribution in [0.1, 0.15) is 45.1 Å². The lowest BCUT2D eigenvalue weighted by molar-refractivity contribution is 0.0529. The molecule has 0 spiro atoms. The number of aliphatic imine (C=N–C) groups is 1. The van der Waals surface area contributed by atoms with Crippen molar-refractivity contribution >= 4 is 11.8 Å². The van der Waals surface area contributed by atoms with Gasteiger partial charge in [-0.3, -0.25) is 4.99 Å². The molecule has 1 atom stereocenters. The molecule has 0 saturated carbocycles. The molecule has 2 aliphatic heterocycles. The molecule has 1 aromatic heterocycles. The number of hydrogen-bond donors (Lipinski definition) is 2. The topological polar surface area (TPSA) is 65.0 Å². The summed E-state index contributed by atoms with van der Waals surface area (Å²) >= 11 is 0. The molecule has 162 valence electrons. The Morgan fingerprint density at radius 2 is 2.14 bits per heavy atom. The number of guanidine groups is 1. The lowest BCUT2D eigenvalue weighted by atomic mass is 10.0. The van der Waals surface area contributed by atoms with E-state index in [1.54, 1.807) is 0 Å². The highest BCUT2D eigenvalue weighted by molar-refractivity contribution is 5.80. The van der Waals surface area contributed by atoms with Gasteiger partial charge in [-0.2, -0.15) is 0 Å². The molecule has 2 fully saturated rings. The number of pyridine rings is 1. The first-order chi connectivity index (χ1) is 14.2. The van der Waals surface area contributed by atoms with Gasteiger partial charge in [0.15, 0.2) is 5.96 Å². The van der Waals surface area contributed by atoms with Gasteiger partial charge in [-0.15, -0.1) is 0 Å². The maximum Gasteiger partial charge on any atom is 0.191 e. The number of likely N-dealkylation sites (tertiary alicyclic amines) is 1. The van der Waals surface area contributed by atoms with Gasteiger partial charge < -0.3 is 25.2 Å². The van der Waals surface area contributed by atoms with E-state index >= 15 is 0 Å². The van der Waals surface area contributed by atoms with Crippen LogP contribution < -0.4 is 15.5 Å². The number of morpholine rings is 1. The Kier molecular flexibility index (Phi) is 8.55. The van der Waals surface area contributed by atoms with E-state index in [-0.39, 0.29) is 6.10 Å². The molecule has 2 N–H and O–H groups in total. The first-order valence-electron chi connectivity index (χ1n) is 11.2. The number of nitrogens with one attached hydrogen (secondary N) is 2. The molecule has 29 heavy (non-hydrogen) atoms. The molecular weight excluding hydrogens is 364 g/mol. The van der Waals surface area contributed by atoms with Gasteiger partial charge in [0.1, 0.15) is 5.82 Å². The Morgan fingerprint density at radius 1 is 1.31 bits per heavy atom. The smallest absolute Gasteiger partial charge is 0.191 e. The second kappa shape index (κ2) is 11.4. The van der Waals surface area contributed by atoms with Crippen molar-refractivity contribution in [3.05, 3.63) is 23.9 Å². The molecule has 0 bridgehead atoms. The highest BCUT2D eigenvalue weighted by Gasteiger charge is 2.20. The van der Waals surface area contributed by atoms with Crippen LogP contribution in [0.3, 0.4) is 0 Å². The fraction of sp³-hybridized carbons (Fsp3) is 0.727. The third kappa shape index (κ3) is 6.85. The Balaban J connectivity index is 1.45. The first kappa shape index (κ1) is 21.8. The van der Waals surface area contributed by atoms with E-state index in [9.17, 15) is 0 Å². The second-order valence-electron chi connectivity index (χ2n) is 8.19. The number of hydrogen-bond acceptors (Lipinski definition) is 5. The molecule has 2 saturated heterocycles. The maximum atomic E-state index is 5.64. The summed E-state index contributed by atoms with van der Waals surface area (Å²) in [7, 11) is 1.85. The van der Waals surface area contributed by atoms with Crippen LogP contribution in [-0.4, -0.2) is 74.4 Å². The molecular formula is C22H38N6O. The van der Waals surface area contributed by atoms with Crippen LogP contribution in [0.15, 0.2) is 23.3 Å². The molecule has 0 radical (unpaired) electrons. The zero-order valence-electron chi connectivity index (χ0n) is 18.4. The third-order valence-corrected chi connectivity index (χ3v) is 5.81. The van der Waals surface area contributed by atoms with Crippen molar-refractivity contribution in [2.24, 2.45) is 4.99 Å². The summed E-state index contributed by atoms with van der Waals surface area (Å²) in [6, 6.07) is 4.74. The lowest BCUT2D eigenvalue weighted by Gasteiger charge is -2.33. The summed E-state index contributed by atoms with van der Waals surface area (Å²) in [4.78, 5) is 13.9. The minimum Gasteiger partial charge on any atom is -0.375 e. The minimum absolute atomic E-state index is 0.253. The predicted molar refractivity (Wildman–Crippen MR) is 120 cm³/mol. The average Bonchev–Trinajstić information content (AvgIpc) is 2.76. The highest BCUT2D eigenvalue weighted by Crippen LogP contribution is 2.16. The monoisotopic (exact) mass is 402 g/mol. The van der Waals surface area contributed by atoms with Crippen molar-refractivity contribution in [1.82, 2.24) is 20.5 Å². The van der Waals surface area contributed by atoms with Crippen LogP contribution in [0.25, 0.3) is 0 Å².